The topological polar surface area (TPSA) is 106 Å². The molecule has 2 rings (SSSR count). The minimum Gasteiger partial charge on any atom is -0.503 e. The number of benzene rings is 1. The van der Waals surface area contributed by atoms with Crippen molar-refractivity contribution in [1.82, 2.24) is 0 Å². The molecule has 2 N–H and O–H groups in total. The summed E-state index contributed by atoms with van der Waals surface area (Å²) in [7, 11) is 0. The Bertz CT molecular complexity index is 773. The lowest BCUT2D eigenvalue weighted by molar-refractivity contribution is -0.139. The van der Waals surface area contributed by atoms with Gasteiger partial charge in [0.25, 0.3) is 5.75 Å². The molecule has 0 unspecified atom stereocenters. The molecule has 7 nitrogen and oxygen atoms in total. The van der Waals surface area contributed by atoms with Crippen LogP contribution in [0.2, 0.25) is 0 Å². The van der Waals surface area contributed by atoms with Crippen LogP contribution in [0.15, 0.2) is 39.7 Å². The van der Waals surface area contributed by atoms with Crippen LogP contribution in [-0.4, -0.2) is 22.8 Å². The maximum atomic E-state index is 11.8. The number of carboxylic acid groups (broad SMARTS) is 1. The second-order valence-corrected chi connectivity index (χ2v) is 4.28. The van der Waals surface area contributed by atoms with Gasteiger partial charge in [-0.15, -0.1) is 0 Å². The molecular formula is C15H14O7. The molecule has 1 aromatic carbocycles. The number of rotatable bonds is 6. The molecule has 0 amide bonds. The number of carbonyl (C=O) groups is 1. The average Bonchev–Trinajstić information content (AvgIpc) is 2.48. The minimum atomic E-state index is -1.17. The molecule has 0 aliphatic carbocycles. The summed E-state index contributed by atoms with van der Waals surface area (Å²) < 4.78 is 15.2. The maximum absolute atomic E-state index is 11.8. The molecule has 0 radical (unpaired) electrons. The number of aromatic hydroxyl groups is 1. The Kier molecular flexibility index (Phi) is 4.67. The molecule has 0 spiro atoms. The minimum absolute atomic E-state index is 0.0669. The first kappa shape index (κ1) is 15.4. The number of allylic oxidation sites excluding steroid dienone is 1. The molecule has 0 saturated carbocycles. The van der Waals surface area contributed by atoms with Crippen molar-refractivity contribution in [1.29, 1.82) is 0 Å². The van der Waals surface area contributed by atoms with Crippen molar-refractivity contribution in [2.24, 2.45) is 0 Å². The molecule has 1 heterocycles. The van der Waals surface area contributed by atoms with Crippen LogP contribution in [0.1, 0.15) is 13.3 Å². The Labute approximate surface area is 125 Å². The summed E-state index contributed by atoms with van der Waals surface area (Å²) >= 11 is 0. The van der Waals surface area contributed by atoms with Gasteiger partial charge in [0.2, 0.25) is 0 Å². The van der Waals surface area contributed by atoms with E-state index in [4.69, 9.17) is 19.0 Å². The predicted molar refractivity (Wildman–Crippen MR) is 77.3 cm³/mol. The highest BCUT2D eigenvalue weighted by molar-refractivity contribution is 5.91. The Morgan fingerprint density at radius 2 is 2.18 bits per heavy atom. The van der Waals surface area contributed by atoms with E-state index in [1.165, 1.54) is 24.5 Å². The number of hydrogen-bond donors (Lipinski definition) is 2. The van der Waals surface area contributed by atoms with E-state index in [2.05, 4.69) is 0 Å². The van der Waals surface area contributed by atoms with Gasteiger partial charge < -0.3 is 24.1 Å². The van der Waals surface area contributed by atoms with Crippen molar-refractivity contribution >= 4 is 16.9 Å². The fourth-order valence-corrected chi connectivity index (χ4v) is 1.76. The van der Waals surface area contributed by atoms with Crippen LogP contribution in [0.3, 0.4) is 0 Å². The third kappa shape index (κ3) is 3.20. The Morgan fingerprint density at radius 1 is 1.41 bits per heavy atom. The fraction of sp³-hybridized carbons (Fsp3) is 0.200. The Hall–Kier alpha value is -2.96. The van der Waals surface area contributed by atoms with Crippen LogP contribution in [0.4, 0.5) is 0 Å². The van der Waals surface area contributed by atoms with Gasteiger partial charge >= 0.3 is 11.6 Å². The zero-order valence-electron chi connectivity index (χ0n) is 11.7. The smallest absolute Gasteiger partial charge is 0.383 e. The first-order valence-electron chi connectivity index (χ1n) is 6.49. The quantitative estimate of drug-likeness (QED) is 0.622. The van der Waals surface area contributed by atoms with Gasteiger partial charge in [0, 0.05) is 0 Å². The molecule has 1 aromatic heterocycles. The summed E-state index contributed by atoms with van der Waals surface area (Å²) in [5, 5.41) is 19.0. The van der Waals surface area contributed by atoms with Crippen LogP contribution in [0, 0.1) is 0 Å². The summed E-state index contributed by atoms with van der Waals surface area (Å²) in [6, 6.07) is 4.42. The van der Waals surface area contributed by atoms with Gasteiger partial charge in [0.05, 0.1) is 6.26 Å². The van der Waals surface area contributed by atoms with Gasteiger partial charge in [-0.3, -0.25) is 0 Å². The van der Waals surface area contributed by atoms with Crippen LogP contribution >= 0.6 is 0 Å². The lowest BCUT2D eigenvalue weighted by Crippen LogP contribution is -2.10. The number of hydrogen-bond acceptors (Lipinski definition) is 6. The molecule has 7 heteroatoms. The number of carboxylic acids is 1. The summed E-state index contributed by atoms with van der Waals surface area (Å²) in [5.74, 6) is -1.95. The molecular weight excluding hydrogens is 292 g/mol. The maximum Gasteiger partial charge on any atom is 0.383 e. The average molecular weight is 306 g/mol. The second kappa shape index (κ2) is 6.66. The highest BCUT2D eigenvalue weighted by atomic mass is 16.5. The van der Waals surface area contributed by atoms with Gasteiger partial charge in [0.1, 0.15) is 16.7 Å². The molecule has 22 heavy (non-hydrogen) atoms. The fourth-order valence-electron chi connectivity index (χ4n) is 1.76. The Morgan fingerprint density at radius 3 is 2.86 bits per heavy atom. The zero-order chi connectivity index (χ0) is 16.1. The van der Waals surface area contributed by atoms with Crippen molar-refractivity contribution in [3.05, 3.63) is 41.0 Å². The van der Waals surface area contributed by atoms with Gasteiger partial charge in [-0.25, -0.2) is 9.59 Å². The lowest BCUT2D eigenvalue weighted by Gasteiger charge is -2.10. The summed E-state index contributed by atoms with van der Waals surface area (Å²) in [5.41, 5.74) is -0.779. The normalized spacial score (nSPS) is 11.0. The van der Waals surface area contributed by atoms with Gasteiger partial charge in [-0.1, -0.05) is 13.0 Å². The standard InChI is InChI=1S/C15H14O7/c1-2-3-7-20-14-13(18)12-9(21-8-11(16)17)5-4-6-10(12)22-15(14)19/h3-7,18H,2,8H2,1H3,(H,16,17)/b7-3+. The highest BCUT2D eigenvalue weighted by Crippen LogP contribution is 2.37. The first-order valence-corrected chi connectivity index (χ1v) is 6.49. The van der Waals surface area contributed by atoms with Gasteiger partial charge in [-0.05, 0) is 24.6 Å². The van der Waals surface area contributed by atoms with E-state index in [1.54, 1.807) is 6.08 Å². The van der Waals surface area contributed by atoms with Crippen molar-refractivity contribution in [2.45, 2.75) is 13.3 Å². The molecule has 0 fully saturated rings. The van der Waals surface area contributed by atoms with E-state index in [9.17, 15) is 14.7 Å². The van der Waals surface area contributed by atoms with Crippen molar-refractivity contribution in [2.75, 3.05) is 6.61 Å². The molecule has 0 atom stereocenters. The largest absolute Gasteiger partial charge is 0.503 e. The van der Waals surface area contributed by atoms with Crippen LogP contribution < -0.4 is 15.1 Å². The van der Waals surface area contributed by atoms with Crippen molar-refractivity contribution in [3.8, 4) is 17.2 Å². The van der Waals surface area contributed by atoms with E-state index in [-0.39, 0.29) is 22.5 Å². The third-order valence-corrected chi connectivity index (χ3v) is 2.70. The Balaban J connectivity index is 2.54. The molecule has 0 bridgehead atoms. The molecule has 2 aromatic rings. The number of ether oxygens (including phenoxy) is 2. The number of aliphatic carboxylic acids is 1. The predicted octanol–water partition coefficient (Wildman–Crippen LogP) is 2.26. The monoisotopic (exact) mass is 306 g/mol. The van der Waals surface area contributed by atoms with Crippen molar-refractivity contribution < 1.29 is 28.9 Å². The SMILES string of the molecule is CC/C=C/Oc1c(O)c2c(OCC(=O)O)cccc2oc1=O. The third-order valence-electron chi connectivity index (χ3n) is 2.70. The van der Waals surface area contributed by atoms with Crippen molar-refractivity contribution in [3.63, 3.8) is 0 Å². The van der Waals surface area contributed by atoms with Crippen LogP contribution in [0.5, 0.6) is 17.2 Å². The molecule has 0 saturated heterocycles. The van der Waals surface area contributed by atoms with E-state index in [0.717, 1.165) is 0 Å². The highest BCUT2D eigenvalue weighted by Gasteiger charge is 2.18. The summed E-state index contributed by atoms with van der Waals surface area (Å²) in [6.45, 7) is 1.28. The zero-order valence-corrected chi connectivity index (χ0v) is 11.7. The first-order chi connectivity index (χ1) is 10.5. The van der Waals surface area contributed by atoms with Gasteiger partial charge in [-0.2, -0.15) is 0 Å². The lowest BCUT2D eigenvalue weighted by atomic mass is 10.2. The second-order valence-electron chi connectivity index (χ2n) is 4.28. The van der Waals surface area contributed by atoms with E-state index < -0.39 is 24.0 Å². The molecule has 0 aliphatic heterocycles. The number of fused-ring (bicyclic) bond motifs is 1. The molecule has 116 valence electrons. The van der Waals surface area contributed by atoms with E-state index >= 15 is 0 Å². The van der Waals surface area contributed by atoms with Crippen LogP contribution in [-0.2, 0) is 4.79 Å². The van der Waals surface area contributed by atoms with Crippen LogP contribution in [0.25, 0.3) is 11.0 Å². The van der Waals surface area contributed by atoms with E-state index in [0.29, 0.717) is 6.42 Å². The molecule has 0 aliphatic rings. The van der Waals surface area contributed by atoms with Gasteiger partial charge in [0.15, 0.2) is 12.4 Å². The summed E-state index contributed by atoms with van der Waals surface area (Å²) in [4.78, 5) is 22.4. The summed E-state index contributed by atoms with van der Waals surface area (Å²) in [6.07, 6.45) is 3.60. The van der Waals surface area contributed by atoms with E-state index in [1.807, 2.05) is 6.92 Å².